The number of benzene rings is 1. The third kappa shape index (κ3) is 3.75. The fraction of sp³-hybridized carbons (Fsp3) is 0.438. The van der Waals surface area contributed by atoms with Crippen LogP contribution in [0.25, 0.3) is 0 Å². The van der Waals surface area contributed by atoms with Gasteiger partial charge >= 0.3 is 0 Å². The third-order valence-corrected chi connectivity index (χ3v) is 3.58. The molecular formula is C16H20N2O3. The van der Waals surface area contributed by atoms with Gasteiger partial charge in [-0.25, -0.2) is 0 Å². The van der Waals surface area contributed by atoms with Gasteiger partial charge in [0.15, 0.2) is 0 Å². The van der Waals surface area contributed by atoms with Gasteiger partial charge in [0.25, 0.3) is 0 Å². The minimum absolute atomic E-state index is 0.0649. The summed E-state index contributed by atoms with van der Waals surface area (Å²) < 4.78 is 5.26. The average molecular weight is 288 g/mol. The molecule has 2 N–H and O–H groups in total. The summed E-state index contributed by atoms with van der Waals surface area (Å²) in [5, 5.41) is 11.7. The Labute approximate surface area is 124 Å². The first-order valence-electron chi connectivity index (χ1n) is 6.94. The zero-order chi connectivity index (χ0) is 15.2. The molecule has 5 heteroatoms. The first-order valence-corrected chi connectivity index (χ1v) is 6.94. The maximum absolute atomic E-state index is 11.7. The van der Waals surface area contributed by atoms with Gasteiger partial charge in [-0.15, -0.1) is 0 Å². The van der Waals surface area contributed by atoms with E-state index in [9.17, 15) is 4.79 Å². The molecule has 21 heavy (non-hydrogen) atoms. The van der Waals surface area contributed by atoms with E-state index in [0.29, 0.717) is 18.8 Å². The van der Waals surface area contributed by atoms with E-state index in [1.165, 1.54) is 0 Å². The van der Waals surface area contributed by atoms with E-state index in [1.807, 2.05) is 25.1 Å². The molecule has 1 atom stereocenters. The molecular weight excluding hydrogens is 268 g/mol. The van der Waals surface area contributed by atoms with Crippen molar-refractivity contribution in [2.24, 2.45) is 0 Å². The Morgan fingerprint density at radius 1 is 1.52 bits per heavy atom. The number of methoxy groups -OCH3 is 1. The van der Waals surface area contributed by atoms with E-state index in [1.54, 1.807) is 7.11 Å². The highest BCUT2D eigenvalue weighted by Gasteiger charge is 2.25. The molecule has 1 aliphatic heterocycles. The van der Waals surface area contributed by atoms with Crippen LogP contribution < -0.4 is 10.1 Å². The van der Waals surface area contributed by atoms with Crippen LogP contribution in [0.4, 0.5) is 0 Å². The van der Waals surface area contributed by atoms with Crippen LogP contribution in [-0.4, -0.2) is 48.8 Å². The van der Waals surface area contributed by atoms with Crippen LogP contribution in [-0.2, 0) is 11.3 Å². The SMILES string of the molecule is COc1ccc(CN2CCNC(=O)C2C)cc1C#CCO. The number of rotatable bonds is 3. The van der Waals surface area contributed by atoms with Crippen molar-refractivity contribution in [3.63, 3.8) is 0 Å². The van der Waals surface area contributed by atoms with Crippen molar-refractivity contribution in [2.45, 2.75) is 19.5 Å². The van der Waals surface area contributed by atoms with Crippen molar-refractivity contribution < 1.29 is 14.6 Å². The molecule has 0 bridgehead atoms. The molecule has 0 aromatic heterocycles. The first kappa shape index (κ1) is 15.4. The topological polar surface area (TPSA) is 61.8 Å². The number of nitrogens with zero attached hydrogens (tertiary/aromatic N) is 1. The van der Waals surface area contributed by atoms with Gasteiger partial charge in [-0.2, -0.15) is 0 Å². The minimum atomic E-state index is -0.184. The second-order valence-corrected chi connectivity index (χ2v) is 4.93. The van der Waals surface area contributed by atoms with Crippen LogP contribution in [0.3, 0.4) is 0 Å². The number of hydrogen-bond acceptors (Lipinski definition) is 4. The second-order valence-electron chi connectivity index (χ2n) is 4.93. The quantitative estimate of drug-likeness (QED) is 0.788. The number of piperazine rings is 1. The molecule has 0 saturated carbocycles. The summed E-state index contributed by atoms with van der Waals surface area (Å²) in [6, 6.07) is 5.65. The summed E-state index contributed by atoms with van der Waals surface area (Å²) in [5.74, 6) is 6.27. The summed E-state index contributed by atoms with van der Waals surface area (Å²) in [4.78, 5) is 13.8. The highest BCUT2D eigenvalue weighted by molar-refractivity contribution is 5.81. The molecule has 1 aliphatic rings. The Balaban J connectivity index is 2.18. The van der Waals surface area contributed by atoms with Gasteiger partial charge in [-0.3, -0.25) is 9.69 Å². The van der Waals surface area contributed by atoms with E-state index in [-0.39, 0.29) is 18.6 Å². The van der Waals surface area contributed by atoms with E-state index in [2.05, 4.69) is 22.1 Å². The number of carbonyl (C=O) groups excluding carboxylic acids is 1. The Kier molecular flexibility index (Phi) is 5.20. The number of ether oxygens (including phenoxy) is 1. The predicted octanol–water partition coefficient (Wildman–Crippen LogP) is 0.359. The van der Waals surface area contributed by atoms with Gasteiger partial charge in [-0.1, -0.05) is 17.9 Å². The molecule has 5 nitrogen and oxygen atoms in total. The lowest BCUT2D eigenvalue weighted by Gasteiger charge is -2.32. The first-order chi connectivity index (χ1) is 10.2. The average Bonchev–Trinajstić information content (AvgIpc) is 2.50. The zero-order valence-corrected chi connectivity index (χ0v) is 12.3. The van der Waals surface area contributed by atoms with Gasteiger partial charge < -0.3 is 15.2 Å². The molecule has 1 aromatic rings. The lowest BCUT2D eigenvalue weighted by molar-refractivity contribution is -0.128. The Morgan fingerprint density at radius 2 is 2.33 bits per heavy atom. The van der Waals surface area contributed by atoms with Crippen LogP contribution in [0.15, 0.2) is 18.2 Å². The Bertz CT molecular complexity index is 575. The molecule has 112 valence electrons. The maximum Gasteiger partial charge on any atom is 0.237 e. The van der Waals surface area contributed by atoms with Crippen molar-refractivity contribution in [3.05, 3.63) is 29.3 Å². The largest absolute Gasteiger partial charge is 0.495 e. The molecule has 0 aliphatic carbocycles. The number of nitrogens with one attached hydrogen (secondary N) is 1. The van der Waals surface area contributed by atoms with Crippen molar-refractivity contribution >= 4 is 5.91 Å². The number of amides is 1. The molecule has 1 unspecified atom stereocenters. The van der Waals surface area contributed by atoms with Gasteiger partial charge in [0, 0.05) is 19.6 Å². The molecule has 1 amide bonds. The summed E-state index contributed by atoms with van der Waals surface area (Å²) in [5.41, 5.74) is 1.82. The van der Waals surface area contributed by atoms with Crippen LogP contribution in [0.1, 0.15) is 18.1 Å². The van der Waals surface area contributed by atoms with Crippen LogP contribution in [0.5, 0.6) is 5.75 Å². The third-order valence-electron chi connectivity index (χ3n) is 3.58. The standard InChI is InChI=1S/C16H20N2O3/c1-12-16(20)17-7-8-18(12)11-13-5-6-15(21-2)14(10-13)4-3-9-19/h5-6,10,12,19H,7-9,11H2,1-2H3,(H,17,20). The second kappa shape index (κ2) is 7.11. The fourth-order valence-corrected chi connectivity index (χ4v) is 2.37. The smallest absolute Gasteiger partial charge is 0.237 e. The molecule has 0 radical (unpaired) electrons. The van der Waals surface area contributed by atoms with Crippen molar-refractivity contribution in [2.75, 3.05) is 26.8 Å². The maximum atomic E-state index is 11.7. The summed E-state index contributed by atoms with van der Waals surface area (Å²) in [6.45, 7) is 3.92. The number of aliphatic hydroxyl groups excluding tert-OH is 1. The molecule has 2 rings (SSSR count). The van der Waals surface area contributed by atoms with Crippen molar-refractivity contribution in [1.82, 2.24) is 10.2 Å². The van der Waals surface area contributed by atoms with Gasteiger partial charge in [-0.05, 0) is 24.6 Å². The van der Waals surface area contributed by atoms with E-state index >= 15 is 0 Å². The number of aliphatic hydroxyl groups is 1. The van der Waals surface area contributed by atoms with Gasteiger partial charge in [0.1, 0.15) is 12.4 Å². The molecule has 0 spiro atoms. The van der Waals surface area contributed by atoms with Gasteiger partial charge in [0.2, 0.25) is 5.91 Å². The Hall–Kier alpha value is -2.03. The normalized spacial score (nSPS) is 18.6. The van der Waals surface area contributed by atoms with E-state index < -0.39 is 0 Å². The van der Waals surface area contributed by atoms with Gasteiger partial charge in [0.05, 0.1) is 18.7 Å². The summed E-state index contributed by atoms with van der Waals surface area (Å²) >= 11 is 0. The summed E-state index contributed by atoms with van der Waals surface area (Å²) in [6.07, 6.45) is 0. The highest BCUT2D eigenvalue weighted by Crippen LogP contribution is 2.20. The predicted molar refractivity (Wildman–Crippen MR) is 79.8 cm³/mol. The minimum Gasteiger partial charge on any atom is -0.495 e. The van der Waals surface area contributed by atoms with Crippen LogP contribution in [0, 0.1) is 11.8 Å². The molecule has 1 aromatic carbocycles. The van der Waals surface area contributed by atoms with Crippen LogP contribution >= 0.6 is 0 Å². The Morgan fingerprint density at radius 3 is 3.05 bits per heavy atom. The van der Waals surface area contributed by atoms with Crippen molar-refractivity contribution in [3.8, 4) is 17.6 Å². The molecule has 1 fully saturated rings. The van der Waals surface area contributed by atoms with Crippen LogP contribution in [0.2, 0.25) is 0 Å². The summed E-state index contributed by atoms with van der Waals surface area (Å²) in [7, 11) is 1.59. The molecule has 1 heterocycles. The fourth-order valence-electron chi connectivity index (χ4n) is 2.37. The lowest BCUT2D eigenvalue weighted by atomic mass is 10.1. The lowest BCUT2D eigenvalue weighted by Crippen LogP contribution is -2.53. The molecule has 1 saturated heterocycles. The number of hydrogen-bond donors (Lipinski definition) is 2. The highest BCUT2D eigenvalue weighted by atomic mass is 16.5. The number of carbonyl (C=O) groups is 1. The zero-order valence-electron chi connectivity index (χ0n) is 12.3. The van der Waals surface area contributed by atoms with E-state index in [0.717, 1.165) is 17.7 Å². The monoisotopic (exact) mass is 288 g/mol. The van der Waals surface area contributed by atoms with Crippen molar-refractivity contribution in [1.29, 1.82) is 0 Å². The van der Waals surface area contributed by atoms with E-state index in [4.69, 9.17) is 9.84 Å².